The molecular formula is C17H28N5O4P. The van der Waals surface area contributed by atoms with E-state index in [2.05, 4.69) is 21.9 Å². The molecule has 0 unspecified atom stereocenters. The zero-order valence-electron chi connectivity index (χ0n) is 16.5. The van der Waals surface area contributed by atoms with Crippen LogP contribution in [-0.4, -0.2) is 43.7 Å². The number of fused-ring (bicyclic) bond motifs is 1. The molecule has 10 heteroatoms. The van der Waals surface area contributed by atoms with Crippen LogP contribution in [0.3, 0.4) is 0 Å². The fourth-order valence-corrected chi connectivity index (χ4v) is 5.04. The first-order valence-corrected chi connectivity index (χ1v) is 10.9. The van der Waals surface area contributed by atoms with Gasteiger partial charge in [-0.2, -0.15) is 0 Å². The predicted molar refractivity (Wildman–Crippen MR) is 102 cm³/mol. The molecule has 0 aliphatic heterocycles. The van der Waals surface area contributed by atoms with Gasteiger partial charge >= 0.3 is 7.60 Å². The molecule has 0 spiro atoms. The van der Waals surface area contributed by atoms with Crippen molar-refractivity contribution in [1.29, 1.82) is 0 Å². The van der Waals surface area contributed by atoms with Crippen molar-refractivity contribution in [2.75, 3.05) is 12.1 Å². The Kier molecular flexibility index (Phi) is 5.59. The highest BCUT2D eigenvalue weighted by Crippen LogP contribution is 2.55. The predicted octanol–water partition coefficient (Wildman–Crippen LogP) is 3.20. The number of imidazole rings is 1. The van der Waals surface area contributed by atoms with E-state index in [0.29, 0.717) is 29.4 Å². The second-order valence-electron chi connectivity index (χ2n) is 7.67. The third-order valence-corrected chi connectivity index (χ3v) is 6.44. The van der Waals surface area contributed by atoms with Gasteiger partial charge in [-0.1, -0.05) is 6.92 Å². The summed E-state index contributed by atoms with van der Waals surface area (Å²) in [7, 11) is -3.35. The van der Waals surface area contributed by atoms with Crippen molar-refractivity contribution in [2.24, 2.45) is 5.92 Å². The van der Waals surface area contributed by atoms with Gasteiger partial charge in [-0.05, 0) is 40.0 Å². The molecule has 3 rings (SSSR count). The Balaban J connectivity index is 1.75. The van der Waals surface area contributed by atoms with E-state index in [1.165, 1.54) is 6.33 Å². The van der Waals surface area contributed by atoms with Crippen molar-refractivity contribution in [3.8, 4) is 0 Å². The topological polar surface area (TPSA) is 114 Å². The van der Waals surface area contributed by atoms with Crippen molar-refractivity contribution in [3.63, 3.8) is 0 Å². The third-order valence-electron chi connectivity index (χ3n) is 4.51. The van der Waals surface area contributed by atoms with E-state index < -0.39 is 13.2 Å². The first-order chi connectivity index (χ1) is 12.6. The Labute approximate surface area is 159 Å². The molecule has 0 aromatic carbocycles. The summed E-state index contributed by atoms with van der Waals surface area (Å²) in [6.07, 6.45) is 3.42. The van der Waals surface area contributed by atoms with Crippen LogP contribution >= 0.6 is 7.60 Å². The molecule has 0 amide bonds. The monoisotopic (exact) mass is 397 g/mol. The van der Waals surface area contributed by atoms with Gasteiger partial charge in [0.25, 0.3) is 0 Å². The standard InChI is InChI=1S/C17H28N5O4P/c1-11(2)25-27(23,26-12(3)4)10-24-17(6-13(17)5)7-22-9-21-14-15(18)19-8-20-16(14)22/h8-9,11-13H,6-7,10H2,1-5H3,(H2,18,19,20)/t13-,17-/m0/s1. The summed E-state index contributed by atoms with van der Waals surface area (Å²) in [4.78, 5) is 12.5. The van der Waals surface area contributed by atoms with E-state index >= 15 is 0 Å². The molecule has 1 aliphatic carbocycles. The van der Waals surface area contributed by atoms with Crippen molar-refractivity contribution in [3.05, 3.63) is 12.7 Å². The fraction of sp³-hybridized carbons (Fsp3) is 0.706. The van der Waals surface area contributed by atoms with Gasteiger partial charge in [-0.25, -0.2) is 15.0 Å². The highest BCUT2D eigenvalue weighted by molar-refractivity contribution is 7.53. The Morgan fingerprint density at radius 2 is 1.89 bits per heavy atom. The zero-order chi connectivity index (χ0) is 19.8. The Morgan fingerprint density at radius 3 is 2.44 bits per heavy atom. The van der Waals surface area contributed by atoms with Gasteiger partial charge < -0.3 is 24.1 Å². The number of hydrogen-bond acceptors (Lipinski definition) is 8. The summed E-state index contributed by atoms with van der Waals surface area (Å²) in [5.41, 5.74) is 6.63. The molecule has 2 aromatic rings. The lowest BCUT2D eigenvalue weighted by atomic mass is 10.2. The largest absolute Gasteiger partial charge is 0.382 e. The van der Waals surface area contributed by atoms with E-state index in [4.69, 9.17) is 19.5 Å². The highest BCUT2D eigenvalue weighted by Gasteiger charge is 2.54. The van der Waals surface area contributed by atoms with Crippen LogP contribution in [0.25, 0.3) is 11.2 Å². The second-order valence-corrected chi connectivity index (χ2v) is 9.57. The van der Waals surface area contributed by atoms with Crippen LogP contribution in [0.5, 0.6) is 0 Å². The van der Waals surface area contributed by atoms with Gasteiger partial charge in [0.15, 0.2) is 11.5 Å². The maximum Gasteiger partial charge on any atom is 0.356 e. The molecule has 0 saturated heterocycles. The number of nitrogens with zero attached hydrogens (tertiary/aromatic N) is 4. The Bertz CT molecular complexity index is 841. The van der Waals surface area contributed by atoms with Crippen molar-refractivity contribution in [1.82, 2.24) is 19.5 Å². The normalized spacial score (nSPS) is 22.9. The number of ether oxygens (including phenoxy) is 1. The van der Waals surface area contributed by atoms with Crippen LogP contribution in [0.1, 0.15) is 41.0 Å². The van der Waals surface area contributed by atoms with Crippen molar-refractivity contribution >= 4 is 24.6 Å². The van der Waals surface area contributed by atoms with Crippen LogP contribution in [0, 0.1) is 5.92 Å². The number of nitrogen functional groups attached to an aromatic ring is 1. The number of rotatable bonds is 9. The summed E-state index contributed by atoms with van der Waals surface area (Å²) in [5.74, 6) is 0.651. The van der Waals surface area contributed by atoms with E-state index in [-0.39, 0.29) is 18.6 Å². The van der Waals surface area contributed by atoms with Gasteiger partial charge in [0.1, 0.15) is 18.2 Å². The summed E-state index contributed by atoms with van der Waals surface area (Å²) < 4.78 is 32.2. The third kappa shape index (κ3) is 4.48. The Morgan fingerprint density at radius 1 is 1.26 bits per heavy atom. The molecule has 2 heterocycles. The lowest BCUT2D eigenvalue weighted by molar-refractivity contribution is 0.0185. The minimum absolute atomic E-state index is 0.0859. The highest BCUT2D eigenvalue weighted by atomic mass is 31.2. The molecule has 1 aliphatic rings. The van der Waals surface area contributed by atoms with Crippen LogP contribution in [0.15, 0.2) is 12.7 Å². The first kappa shape index (κ1) is 20.2. The number of anilines is 1. The lowest BCUT2D eigenvalue weighted by Crippen LogP contribution is -2.26. The molecule has 1 fully saturated rings. The molecule has 0 radical (unpaired) electrons. The van der Waals surface area contributed by atoms with Gasteiger partial charge in [-0.3, -0.25) is 4.57 Å². The summed E-state index contributed by atoms with van der Waals surface area (Å²) in [6.45, 7) is 9.94. The molecule has 2 atom stereocenters. The zero-order valence-corrected chi connectivity index (χ0v) is 17.3. The molecule has 9 nitrogen and oxygen atoms in total. The number of aromatic nitrogens is 4. The van der Waals surface area contributed by atoms with E-state index in [9.17, 15) is 4.57 Å². The first-order valence-electron chi connectivity index (χ1n) is 9.15. The van der Waals surface area contributed by atoms with E-state index in [1.807, 2.05) is 32.3 Å². The SMILES string of the molecule is CC(C)OP(=O)(CO[C@]1(Cn2cnc3c(N)ncnc32)C[C@@H]1C)OC(C)C. The summed E-state index contributed by atoms with van der Waals surface area (Å²) in [5, 5.41) is 0. The number of nitrogens with two attached hydrogens (primary N) is 1. The average Bonchev–Trinajstić information content (AvgIpc) is 2.98. The minimum Gasteiger partial charge on any atom is -0.382 e. The molecule has 1 saturated carbocycles. The summed E-state index contributed by atoms with van der Waals surface area (Å²) >= 11 is 0. The van der Waals surface area contributed by atoms with E-state index in [1.54, 1.807) is 6.33 Å². The van der Waals surface area contributed by atoms with Gasteiger partial charge in [0.2, 0.25) is 0 Å². The quantitative estimate of drug-likeness (QED) is 0.642. The molecule has 2 N–H and O–H groups in total. The van der Waals surface area contributed by atoms with Crippen molar-refractivity contribution < 1.29 is 18.3 Å². The van der Waals surface area contributed by atoms with Gasteiger partial charge in [0, 0.05) is 0 Å². The molecular weight excluding hydrogens is 369 g/mol. The van der Waals surface area contributed by atoms with Crippen LogP contribution < -0.4 is 5.73 Å². The smallest absolute Gasteiger partial charge is 0.356 e. The fourth-order valence-electron chi connectivity index (χ4n) is 3.17. The molecule has 27 heavy (non-hydrogen) atoms. The lowest BCUT2D eigenvalue weighted by Gasteiger charge is -2.26. The molecule has 2 aromatic heterocycles. The van der Waals surface area contributed by atoms with E-state index in [0.717, 1.165) is 6.42 Å². The molecule has 150 valence electrons. The van der Waals surface area contributed by atoms with Crippen LogP contribution in [-0.2, 0) is 24.9 Å². The van der Waals surface area contributed by atoms with Gasteiger partial charge in [0.05, 0.1) is 30.7 Å². The molecule has 0 bridgehead atoms. The second kappa shape index (κ2) is 7.47. The van der Waals surface area contributed by atoms with Crippen molar-refractivity contribution in [2.45, 2.75) is 65.4 Å². The maximum absolute atomic E-state index is 13.0. The minimum atomic E-state index is -3.35. The van der Waals surface area contributed by atoms with Crippen LogP contribution in [0.4, 0.5) is 5.82 Å². The average molecular weight is 397 g/mol. The number of hydrogen-bond donors (Lipinski definition) is 1. The Hall–Kier alpha value is -1.54. The maximum atomic E-state index is 13.0. The van der Waals surface area contributed by atoms with Gasteiger partial charge in [-0.15, -0.1) is 0 Å². The summed E-state index contributed by atoms with van der Waals surface area (Å²) in [6, 6.07) is 0. The van der Waals surface area contributed by atoms with Crippen LogP contribution in [0.2, 0.25) is 0 Å².